The van der Waals surface area contributed by atoms with E-state index in [2.05, 4.69) is 57.8 Å². The van der Waals surface area contributed by atoms with Crippen LogP contribution in [0.5, 0.6) is 0 Å². The van der Waals surface area contributed by atoms with Crippen LogP contribution in [0.25, 0.3) is 10.2 Å². The third kappa shape index (κ3) is 8.58. The van der Waals surface area contributed by atoms with Gasteiger partial charge in [-0.2, -0.15) is 0 Å². The monoisotopic (exact) mass is 538 g/mol. The van der Waals surface area contributed by atoms with Crippen LogP contribution >= 0.6 is 11.3 Å². The van der Waals surface area contributed by atoms with E-state index < -0.39 is 18.4 Å². The SMILES string of the molecule is CCC[CH2][Sn]([CH2]CCC)([CH2]CCC)[CH2]O[C@H](C)CN=Cc1ccc2sc(C)nc2c1. The van der Waals surface area contributed by atoms with E-state index in [1.54, 1.807) is 11.3 Å². The van der Waals surface area contributed by atoms with Gasteiger partial charge in [0.1, 0.15) is 0 Å². The molecule has 3 nitrogen and oxygen atoms in total. The molecule has 0 amide bonds. The average molecular weight is 537 g/mol. The van der Waals surface area contributed by atoms with Crippen LogP contribution in [0.4, 0.5) is 0 Å². The summed E-state index contributed by atoms with van der Waals surface area (Å²) in [7, 11) is 0. The molecule has 0 radical (unpaired) electrons. The van der Waals surface area contributed by atoms with Gasteiger partial charge in [-0.3, -0.25) is 0 Å². The number of benzene rings is 1. The Bertz CT molecular complexity index is 752. The van der Waals surface area contributed by atoms with E-state index >= 15 is 0 Å². The van der Waals surface area contributed by atoms with Crippen LogP contribution in [0.1, 0.15) is 76.8 Å². The molecular weight excluding hydrogens is 495 g/mol. The fraction of sp³-hybridized carbons (Fsp3) is 0.680. The first-order chi connectivity index (χ1) is 14.5. The minimum atomic E-state index is -2.20. The second-order valence-electron chi connectivity index (χ2n) is 8.89. The predicted octanol–water partition coefficient (Wildman–Crippen LogP) is 7.82. The first-order valence-corrected chi connectivity index (χ1v) is 20.9. The molecule has 0 saturated heterocycles. The third-order valence-electron chi connectivity index (χ3n) is 5.98. The van der Waals surface area contributed by atoms with E-state index in [-0.39, 0.29) is 6.10 Å². The molecule has 1 aromatic carbocycles. The van der Waals surface area contributed by atoms with Gasteiger partial charge in [-0.15, -0.1) is 0 Å². The molecule has 0 N–H and O–H groups in total. The molecule has 1 atom stereocenters. The Hall–Kier alpha value is -0.461. The van der Waals surface area contributed by atoms with Crippen molar-refractivity contribution in [3.63, 3.8) is 0 Å². The molecule has 1 aromatic heterocycles. The van der Waals surface area contributed by atoms with Gasteiger partial charge in [0.2, 0.25) is 0 Å². The van der Waals surface area contributed by atoms with E-state index in [0.717, 1.165) is 27.3 Å². The quantitative estimate of drug-likeness (QED) is 0.172. The van der Waals surface area contributed by atoms with Gasteiger partial charge in [0.05, 0.1) is 0 Å². The summed E-state index contributed by atoms with van der Waals surface area (Å²) in [5.41, 5.74) is 2.20. The average Bonchev–Trinajstić information content (AvgIpc) is 3.12. The molecule has 0 aliphatic rings. The van der Waals surface area contributed by atoms with Gasteiger partial charge in [0, 0.05) is 0 Å². The van der Waals surface area contributed by atoms with Crippen molar-refractivity contribution in [2.24, 2.45) is 4.99 Å². The van der Waals surface area contributed by atoms with Crippen LogP contribution in [0.3, 0.4) is 0 Å². The molecule has 5 heteroatoms. The fourth-order valence-corrected chi connectivity index (χ4v) is 19.5. The minimum absolute atomic E-state index is 0.201. The number of thiazole rings is 1. The third-order valence-corrected chi connectivity index (χ3v) is 21.3. The van der Waals surface area contributed by atoms with Crippen molar-refractivity contribution in [1.82, 2.24) is 4.98 Å². The Morgan fingerprint density at radius 1 is 1.07 bits per heavy atom. The molecule has 0 aliphatic heterocycles. The second kappa shape index (κ2) is 13.8. The number of aryl methyl sites for hydroxylation is 1. The Morgan fingerprint density at radius 2 is 1.70 bits per heavy atom. The van der Waals surface area contributed by atoms with Crippen LogP contribution in [0.15, 0.2) is 23.2 Å². The number of aromatic nitrogens is 1. The van der Waals surface area contributed by atoms with E-state index in [1.807, 2.05) is 6.21 Å². The zero-order chi connectivity index (χ0) is 21.8. The summed E-state index contributed by atoms with van der Waals surface area (Å²) in [6.07, 6.45) is 10.3. The number of ether oxygens (including phenoxy) is 1. The number of rotatable bonds is 15. The van der Waals surface area contributed by atoms with Crippen molar-refractivity contribution in [1.29, 1.82) is 0 Å². The summed E-state index contributed by atoms with van der Waals surface area (Å²) in [6, 6.07) is 6.42. The molecule has 0 spiro atoms. The predicted molar refractivity (Wildman–Crippen MR) is 137 cm³/mol. The molecule has 0 aliphatic carbocycles. The van der Waals surface area contributed by atoms with Gasteiger partial charge in [-0.25, -0.2) is 0 Å². The molecule has 0 unspecified atom stereocenters. The normalized spacial score (nSPS) is 13.5. The summed E-state index contributed by atoms with van der Waals surface area (Å²) < 4.78 is 13.3. The number of nitrogens with zero attached hydrogens (tertiary/aromatic N) is 2. The Balaban J connectivity index is 1.91. The van der Waals surface area contributed by atoms with Crippen LogP contribution in [0.2, 0.25) is 13.3 Å². The number of hydrogen-bond donors (Lipinski definition) is 0. The van der Waals surface area contributed by atoms with Crippen molar-refractivity contribution < 1.29 is 4.74 Å². The summed E-state index contributed by atoms with van der Waals surface area (Å²) in [4.78, 5) is 9.28. The Morgan fingerprint density at radius 3 is 2.30 bits per heavy atom. The number of unbranched alkanes of at least 4 members (excludes halogenated alkanes) is 3. The van der Waals surface area contributed by atoms with E-state index in [0.29, 0.717) is 0 Å². The molecule has 1 heterocycles. The van der Waals surface area contributed by atoms with Crippen LogP contribution in [-0.4, -0.2) is 46.8 Å². The van der Waals surface area contributed by atoms with Crippen LogP contribution in [-0.2, 0) is 4.74 Å². The molecular formula is C25H42N2OSSn. The van der Waals surface area contributed by atoms with Crippen molar-refractivity contribution in [3.8, 4) is 0 Å². The van der Waals surface area contributed by atoms with Gasteiger partial charge in [-0.05, 0) is 0 Å². The summed E-state index contributed by atoms with van der Waals surface area (Å²) in [6.45, 7) is 12.0. The summed E-state index contributed by atoms with van der Waals surface area (Å²) >= 11 is -0.453. The molecule has 2 aromatic rings. The molecule has 0 bridgehead atoms. The first kappa shape index (κ1) is 25.8. The molecule has 0 saturated carbocycles. The topological polar surface area (TPSA) is 34.5 Å². The van der Waals surface area contributed by atoms with Gasteiger partial charge in [0.25, 0.3) is 0 Å². The van der Waals surface area contributed by atoms with Gasteiger partial charge in [-0.1, -0.05) is 0 Å². The maximum absolute atomic E-state index is 6.48. The fourth-order valence-electron chi connectivity index (χ4n) is 4.07. The summed E-state index contributed by atoms with van der Waals surface area (Å²) in [5.74, 6) is 0. The summed E-state index contributed by atoms with van der Waals surface area (Å²) in [5, 5.41) is 1.12. The number of hydrogen-bond acceptors (Lipinski definition) is 4. The maximum atomic E-state index is 6.48. The van der Waals surface area contributed by atoms with E-state index in [1.165, 1.54) is 56.5 Å². The van der Waals surface area contributed by atoms with Crippen LogP contribution < -0.4 is 0 Å². The van der Waals surface area contributed by atoms with Crippen molar-refractivity contribution >= 4 is 46.1 Å². The first-order valence-electron chi connectivity index (χ1n) is 12.0. The van der Waals surface area contributed by atoms with Gasteiger partial charge in [0.15, 0.2) is 0 Å². The number of aliphatic imine (C=N–C) groups is 1. The van der Waals surface area contributed by atoms with Crippen molar-refractivity contribution in [2.45, 2.75) is 92.6 Å². The molecule has 30 heavy (non-hydrogen) atoms. The standard InChI is InChI=1S/C13H15N2OS.3C4H9.Sn/c1-9(16-3)7-14-8-11-4-5-13-12(6-11)15-10(2)17-13;3*1-3-4-2;/h4-6,8-9H,3,7H2,1-2H3;3*1,3-4H2,2H3;/t9-;;;;/m1..../s1. The Kier molecular flexibility index (Phi) is 11.9. The van der Waals surface area contributed by atoms with Gasteiger partial charge >= 0.3 is 193 Å². The van der Waals surface area contributed by atoms with E-state index in [4.69, 9.17) is 9.73 Å². The van der Waals surface area contributed by atoms with Gasteiger partial charge < -0.3 is 0 Å². The molecule has 0 fully saturated rings. The van der Waals surface area contributed by atoms with Crippen LogP contribution in [0, 0.1) is 6.92 Å². The second-order valence-corrected chi connectivity index (χ2v) is 23.8. The Labute approximate surface area is 192 Å². The molecule has 168 valence electrons. The zero-order valence-electron chi connectivity index (χ0n) is 19.9. The number of fused-ring (bicyclic) bond motifs is 1. The zero-order valence-corrected chi connectivity index (χ0v) is 23.5. The van der Waals surface area contributed by atoms with E-state index in [9.17, 15) is 0 Å². The van der Waals surface area contributed by atoms with Crippen molar-refractivity contribution in [3.05, 3.63) is 28.8 Å². The molecule has 2 rings (SSSR count). The van der Waals surface area contributed by atoms with Crippen molar-refractivity contribution in [2.75, 3.05) is 11.2 Å².